The minimum absolute atomic E-state index is 0.0562. The molecule has 1 amide bonds. The first-order valence-electron chi connectivity index (χ1n) is 7.04. The molecule has 1 aromatic carbocycles. The fourth-order valence-corrected chi connectivity index (χ4v) is 3.01. The molecule has 0 bridgehead atoms. The van der Waals surface area contributed by atoms with Crippen molar-refractivity contribution in [1.82, 2.24) is 4.90 Å². The average molecular weight is 290 g/mol. The molecule has 6 heteroatoms. The SMILES string of the molecule is NC1(C(=O)O)CCN(C(=O)C2CCOc3ccccc32)C1. The summed E-state index contributed by atoms with van der Waals surface area (Å²) in [5.74, 6) is -0.644. The first-order chi connectivity index (χ1) is 10.0. The van der Waals surface area contributed by atoms with E-state index in [2.05, 4.69) is 0 Å². The smallest absolute Gasteiger partial charge is 0.325 e. The molecule has 2 heterocycles. The molecule has 2 unspecified atom stereocenters. The van der Waals surface area contributed by atoms with Crippen molar-refractivity contribution in [3.63, 3.8) is 0 Å². The van der Waals surface area contributed by atoms with E-state index in [1.807, 2.05) is 24.3 Å². The molecule has 0 aromatic heterocycles. The van der Waals surface area contributed by atoms with Crippen molar-refractivity contribution in [2.45, 2.75) is 24.3 Å². The monoisotopic (exact) mass is 290 g/mol. The van der Waals surface area contributed by atoms with Gasteiger partial charge in [0.05, 0.1) is 12.5 Å². The van der Waals surface area contributed by atoms with Crippen LogP contribution in [-0.2, 0) is 9.59 Å². The van der Waals surface area contributed by atoms with E-state index in [-0.39, 0.29) is 18.4 Å². The van der Waals surface area contributed by atoms with E-state index in [1.54, 1.807) is 4.90 Å². The summed E-state index contributed by atoms with van der Waals surface area (Å²) in [7, 11) is 0. The van der Waals surface area contributed by atoms with Gasteiger partial charge in [-0.25, -0.2) is 0 Å². The number of hydrogen-bond acceptors (Lipinski definition) is 4. The Morgan fingerprint density at radius 1 is 1.38 bits per heavy atom. The minimum atomic E-state index is -1.32. The number of nitrogens with zero attached hydrogens (tertiary/aromatic N) is 1. The zero-order valence-electron chi connectivity index (χ0n) is 11.6. The molecule has 1 aromatic rings. The number of carboxylic acids is 1. The number of likely N-dealkylation sites (tertiary alicyclic amines) is 1. The van der Waals surface area contributed by atoms with Crippen molar-refractivity contribution < 1.29 is 19.4 Å². The molecule has 0 saturated carbocycles. The minimum Gasteiger partial charge on any atom is -0.493 e. The first kappa shape index (κ1) is 13.9. The van der Waals surface area contributed by atoms with Crippen LogP contribution in [0.25, 0.3) is 0 Å². The highest BCUT2D eigenvalue weighted by atomic mass is 16.5. The number of nitrogens with two attached hydrogens (primary N) is 1. The molecule has 2 aliphatic rings. The van der Waals surface area contributed by atoms with E-state index in [0.29, 0.717) is 26.0 Å². The number of rotatable bonds is 2. The predicted molar refractivity (Wildman–Crippen MR) is 75.0 cm³/mol. The first-order valence-corrected chi connectivity index (χ1v) is 7.04. The van der Waals surface area contributed by atoms with Gasteiger partial charge in [-0.05, 0) is 18.9 Å². The van der Waals surface area contributed by atoms with Gasteiger partial charge in [-0.1, -0.05) is 18.2 Å². The molecule has 112 valence electrons. The van der Waals surface area contributed by atoms with Crippen LogP contribution in [-0.4, -0.2) is 47.1 Å². The maximum absolute atomic E-state index is 12.7. The van der Waals surface area contributed by atoms with Crippen LogP contribution in [0.4, 0.5) is 0 Å². The highest BCUT2D eigenvalue weighted by Gasteiger charge is 2.44. The van der Waals surface area contributed by atoms with Gasteiger partial charge in [0.2, 0.25) is 5.91 Å². The lowest BCUT2D eigenvalue weighted by atomic mass is 9.92. The lowest BCUT2D eigenvalue weighted by molar-refractivity contribution is -0.143. The summed E-state index contributed by atoms with van der Waals surface area (Å²) in [5.41, 5.74) is 5.39. The summed E-state index contributed by atoms with van der Waals surface area (Å²) in [6.45, 7) is 0.954. The third-order valence-corrected chi connectivity index (χ3v) is 4.30. The van der Waals surface area contributed by atoms with Gasteiger partial charge in [-0.3, -0.25) is 9.59 Å². The number of carboxylic acid groups (broad SMARTS) is 1. The van der Waals surface area contributed by atoms with Crippen molar-refractivity contribution in [2.24, 2.45) is 5.73 Å². The summed E-state index contributed by atoms with van der Waals surface area (Å²) >= 11 is 0. The highest BCUT2D eigenvalue weighted by Crippen LogP contribution is 2.35. The molecule has 3 N–H and O–H groups in total. The summed E-state index contributed by atoms with van der Waals surface area (Å²) in [5, 5.41) is 9.16. The lowest BCUT2D eigenvalue weighted by Gasteiger charge is -2.29. The third-order valence-electron chi connectivity index (χ3n) is 4.30. The lowest BCUT2D eigenvalue weighted by Crippen LogP contribution is -2.51. The number of para-hydroxylation sites is 1. The normalized spacial score (nSPS) is 27.9. The number of carbonyl (C=O) groups is 2. The van der Waals surface area contributed by atoms with Crippen molar-refractivity contribution >= 4 is 11.9 Å². The van der Waals surface area contributed by atoms with Gasteiger partial charge in [-0.2, -0.15) is 0 Å². The van der Waals surface area contributed by atoms with Gasteiger partial charge in [-0.15, -0.1) is 0 Å². The van der Waals surface area contributed by atoms with Gasteiger partial charge in [0.15, 0.2) is 0 Å². The maximum atomic E-state index is 12.7. The zero-order chi connectivity index (χ0) is 15.0. The number of carbonyl (C=O) groups excluding carboxylic acids is 1. The van der Waals surface area contributed by atoms with Crippen LogP contribution < -0.4 is 10.5 Å². The van der Waals surface area contributed by atoms with Gasteiger partial charge < -0.3 is 20.5 Å². The highest BCUT2D eigenvalue weighted by molar-refractivity contribution is 5.87. The summed E-state index contributed by atoms with van der Waals surface area (Å²) in [6.07, 6.45) is 0.899. The fraction of sp³-hybridized carbons (Fsp3) is 0.467. The zero-order valence-corrected chi connectivity index (χ0v) is 11.6. The molecule has 6 nitrogen and oxygen atoms in total. The third kappa shape index (κ3) is 2.35. The molecule has 2 aliphatic heterocycles. The van der Waals surface area contributed by atoms with Crippen molar-refractivity contribution in [3.8, 4) is 5.75 Å². The van der Waals surface area contributed by atoms with E-state index < -0.39 is 11.5 Å². The number of ether oxygens (including phenoxy) is 1. The van der Waals surface area contributed by atoms with E-state index in [9.17, 15) is 9.59 Å². The van der Waals surface area contributed by atoms with Crippen LogP contribution in [0.15, 0.2) is 24.3 Å². The molecule has 1 saturated heterocycles. The molecule has 3 rings (SSSR count). The van der Waals surface area contributed by atoms with Crippen LogP contribution in [0.1, 0.15) is 24.3 Å². The largest absolute Gasteiger partial charge is 0.493 e. The Hall–Kier alpha value is -2.08. The Balaban J connectivity index is 1.80. The Bertz CT molecular complexity index is 589. The van der Waals surface area contributed by atoms with Crippen molar-refractivity contribution in [1.29, 1.82) is 0 Å². The number of fused-ring (bicyclic) bond motifs is 1. The molecule has 0 radical (unpaired) electrons. The van der Waals surface area contributed by atoms with Gasteiger partial charge in [0.1, 0.15) is 11.3 Å². The Labute approximate surface area is 122 Å². The molecule has 21 heavy (non-hydrogen) atoms. The van der Waals surface area contributed by atoms with Crippen LogP contribution in [0.3, 0.4) is 0 Å². The summed E-state index contributed by atoms with van der Waals surface area (Å²) in [4.78, 5) is 25.4. The fourth-order valence-electron chi connectivity index (χ4n) is 3.01. The quantitative estimate of drug-likeness (QED) is 0.830. The topological polar surface area (TPSA) is 92.9 Å². The van der Waals surface area contributed by atoms with Gasteiger partial charge in [0, 0.05) is 18.7 Å². The average Bonchev–Trinajstić information content (AvgIpc) is 2.90. The van der Waals surface area contributed by atoms with E-state index in [1.165, 1.54) is 0 Å². The predicted octanol–water partition coefficient (Wildman–Crippen LogP) is 0.567. The molecule has 0 spiro atoms. The van der Waals surface area contributed by atoms with E-state index in [0.717, 1.165) is 11.3 Å². The second kappa shape index (κ2) is 5.04. The summed E-state index contributed by atoms with van der Waals surface area (Å²) in [6, 6.07) is 7.49. The molecular formula is C15H18N2O4. The van der Waals surface area contributed by atoms with Crippen LogP contribution in [0.2, 0.25) is 0 Å². The van der Waals surface area contributed by atoms with Crippen LogP contribution in [0, 0.1) is 0 Å². The Kier molecular flexibility index (Phi) is 3.33. The van der Waals surface area contributed by atoms with Gasteiger partial charge >= 0.3 is 5.97 Å². The van der Waals surface area contributed by atoms with Crippen molar-refractivity contribution in [2.75, 3.05) is 19.7 Å². The van der Waals surface area contributed by atoms with Crippen LogP contribution >= 0.6 is 0 Å². The standard InChI is InChI=1S/C15H18N2O4/c16-15(14(19)20)6-7-17(9-15)13(18)11-5-8-21-12-4-2-1-3-10(11)12/h1-4,11H,5-9,16H2,(H,19,20). The van der Waals surface area contributed by atoms with E-state index in [4.69, 9.17) is 15.6 Å². The van der Waals surface area contributed by atoms with E-state index >= 15 is 0 Å². The van der Waals surface area contributed by atoms with Crippen LogP contribution in [0.5, 0.6) is 5.75 Å². The second-order valence-corrected chi connectivity index (χ2v) is 5.70. The summed E-state index contributed by atoms with van der Waals surface area (Å²) < 4.78 is 5.56. The Morgan fingerprint density at radius 2 is 2.14 bits per heavy atom. The second-order valence-electron chi connectivity index (χ2n) is 5.70. The molecule has 1 fully saturated rings. The number of benzene rings is 1. The number of hydrogen-bond donors (Lipinski definition) is 2. The van der Waals surface area contributed by atoms with Gasteiger partial charge in [0.25, 0.3) is 0 Å². The molecule has 0 aliphatic carbocycles. The molecular weight excluding hydrogens is 272 g/mol. The molecule has 2 atom stereocenters. The Morgan fingerprint density at radius 3 is 2.86 bits per heavy atom. The number of aliphatic carboxylic acids is 1. The maximum Gasteiger partial charge on any atom is 0.325 e. The van der Waals surface area contributed by atoms with Crippen molar-refractivity contribution in [3.05, 3.63) is 29.8 Å². The number of amides is 1.